The number of aliphatic hydroxyl groups is 1. The van der Waals surface area contributed by atoms with Crippen LogP contribution in [0.2, 0.25) is 0 Å². The molecule has 1 nitrogen and oxygen atoms in total. The van der Waals surface area contributed by atoms with E-state index in [1.54, 1.807) is 0 Å². The smallest absolute Gasteiger partial charge is 0.0594 e. The molecule has 0 amide bonds. The quantitative estimate of drug-likeness (QED) is 0.386. The van der Waals surface area contributed by atoms with E-state index in [0.717, 1.165) is 12.3 Å². The third-order valence-electron chi connectivity index (χ3n) is 13.5. The fourth-order valence-electron chi connectivity index (χ4n) is 10.8. The first-order valence-electron chi connectivity index (χ1n) is 13.7. The Labute approximate surface area is 192 Å². The maximum Gasteiger partial charge on any atom is 0.0594 e. The van der Waals surface area contributed by atoms with E-state index in [1.165, 1.54) is 64.2 Å². The van der Waals surface area contributed by atoms with Crippen LogP contribution < -0.4 is 0 Å². The molecule has 31 heavy (non-hydrogen) atoms. The molecule has 5 aliphatic carbocycles. The molecule has 3 fully saturated rings. The Morgan fingerprint density at radius 2 is 1.35 bits per heavy atom. The van der Waals surface area contributed by atoms with Gasteiger partial charge in [0.2, 0.25) is 0 Å². The average Bonchev–Trinajstić information content (AvgIpc) is 2.68. The summed E-state index contributed by atoms with van der Waals surface area (Å²) in [7, 11) is 0. The summed E-state index contributed by atoms with van der Waals surface area (Å²) in [4.78, 5) is 0. The second kappa shape index (κ2) is 6.43. The van der Waals surface area contributed by atoms with Gasteiger partial charge in [0, 0.05) is 0 Å². The van der Waals surface area contributed by atoms with Gasteiger partial charge in [0.15, 0.2) is 0 Å². The van der Waals surface area contributed by atoms with Crippen LogP contribution in [0.4, 0.5) is 0 Å². The Kier molecular flexibility index (Phi) is 4.66. The summed E-state index contributed by atoms with van der Waals surface area (Å²) in [5, 5.41) is 10.9. The van der Waals surface area contributed by atoms with Gasteiger partial charge in [0.05, 0.1) is 6.10 Å². The number of hydrogen-bond donors (Lipinski definition) is 1. The van der Waals surface area contributed by atoms with Crippen molar-refractivity contribution in [2.24, 2.45) is 44.3 Å². The predicted molar refractivity (Wildman–Crippen MR) is 131 cm³/mol. The summed E-state index contributed by atoms with van der Waals surface area (Å²) in [5.41, 5.74) is 5.92. The minimum absolute atomic E-state index is 0.0473. The average molecular weight is 427 g/mol. The molecule has 0 aromatic heterocycles. The Bertz CT molecular complexity index is 803. The molecule has 7 unspecified atom stereocenters. The normalized spacial score (nSPS) is 53.1. The number of aliphatic hydroxyl groups excluding tert-OH is 1. The van der Waals surface area contributed by atoms with Gasteiger partial charge in [-0.1, -0.05) is 73.0 Å². The van der Waals surface area contributed by atoms with Crippen molar-refractivity contribution in [2.75, 3.05) is 0 Å². The van der Waals surface area contributed by atoms with Crippen LogP contribution in [0.5, 0.6) is 0 Å². The zero-order valence-corrected chi connectivity index (χ0v) is 22.0. The van der Waals surface area contributed by atoms with Gasteiger partial charge >= 0.3 is 0 Å². The number of fused-ring (bicyclic) bond motifs is 6. The molecule has 7 atom stereocenters. The van der Waals surface area contributed by atoms with Crippen LogP contribution in [-0.2, 0) is 0 Å². The van der Waals surface area contributed by atoms with Gasteiger partial charge in [-0.05, 0) is 109 Å². The van der Waals surface area contributed by atoms with Gasteiger partial charge in [-0.3, -0.25) is 0 Å². The maximum absolute atomic E-state index is 10.9. The lowest BCUT2D eigenvalue weighted by Gasteiger charge is -2.71. The van der Waals surface area contributed by atoms with Crippen molar-refractivity contribution < 1.29 is 5.11 Å². The molecule has 0 aromatic rings. The van der Waals surface area contributed by atoms with Crippen molar-refractivity contribution in [3.05, 3.63) is 11.1 Å². The SMILES string of the molecule is CC12CCC(O)C(C)(C)C1CCC1=C2CCC2(C)C3CCCC(C)(C)C3(C)CCC12C. The third kappa shape index (κ3) is 2.54. The van der Waals surface area contributed by atoms with E-state index in [-0.39, 0.29) is 11.5 Å². The highest BCUT2D eigenvalue weighted by Crippen LogP contribution is 2.76. The molecule has 3 saturated carbocycles. The molecule has 0 aromatic carbocycles. The van der Waals surface area contributed by atoms with Crippen LogP contribution in [0.15, 0.2) is 11.1 Å². The van der Waals surface area contributed by atoms with Crippen LogP contribution in [0, 0.1) is 44.3 Å². The second-order valence-electron chi connectivity index (χ2n) is 14.8. The van der Waals surface area contributed by atoms with Gasteiger partial charge in [-0.2, -0.15) is 0 Å². The standard InChI is InChI=1S/C30H50O/c1-25(2)15-9-10-23-29(25,7)19-18-28(6)21-11-12-22-26(3,4)24(31)14-16-27(22,5)20(21)13-17-30(23,28)8/h22-24,31H,9-19H2,1-8H3. The first kappa shape index (κ1) is 22.5. The summed E-state index contributed by atoms with van der Waals surface area (Å²) in [6.07, 6.45) is 14.5. The van der Waals surface area contributed by atoms with E-state index in [1.807, 2.05) is 11.1 Å². The molecule has 0 saturated heterocycles. The highest BCUT2D eigenvalue weighted by molar-refractivity contribution is 5.39. The number of rotatable bonds is 0. The summed E-state index contributed by atoms with van der Waals surface area (Å²) >= 11 is 0. The van der Waals surface area contributed by atoms with Crippen molar-refractivity contribution in [1.29, 1.82) is 0 Å². The van der Waals surface area contributed by atoms with E-state index >= 15 is 0 Å². The minimum atomic E-state index is -0.128. The predicted octanol–water partition coefficient (Wildman–Crippen LogP) is 8.31. The minimum Gasteiger partial charge on any atom is -0.393 e. The number of allylic oxidation sites excluding steroid dienone is 2. The molecule has 0 radical (unpaired) electrons. The number of hydrogen-bond acceptors (Lipinski definition) is 1. The van der Waals surface area contributed by atoms with Crippen molar-refractivity contribution in [2.45, 2.75) is 132 Å². The lowest BCUT2D eigenvalue weighted by molar-refractivity contribution is -0.179. The lowest BCUT2D eigenvalue weighted by Crippen LogP contribution is -2.62. The van der Waals surface area contributed by atoms with Gasteiger partial charge in [-0.25, -0.2) is 0 Å². The second-order valence-corrected chi connectivity index (χ2v) is 14.8. The first-order chi connectivity index (χ1) is 14.2. The third-order valence-corrected chi connectivity index (χ3v) is 13.5. The van der Waals surface area contributed by atoms with Crippen molar-refractivity contribution in [3.63, 3.8) is 0 Å². The Morgan fingerprint density at radius 1 is 0.645 bits per heavy atom. The molecule has 0 aliphatic heterocycles. The molecule has 5 aliphatic rings. The molecule has 0 heterocycles. The van der Waals surface area contributed by atoms with E-state index in [9.17, 15) is 5.11 Å². The highest BCUT2D eigenvalue weighted by atomic mass is 16.3. The van der Waals surface area contributed by atoms with E-state index < -0.39 is 0 Å². The molecule has 0 bridgehead atoms. The Morgan fingerprint density at radius 3 is 2.06 bits per heavy atom. The van der Waals surface area contributed by atoms with Crippen molar-refractivity contribution >= 4 is 0 Å². The Hall–Kier alpha value is -0.300. The van der Waals surface area contributed by atoms with E-state index in [2.05, 4.69) is 55.4 Å². The highest BCUT2D eigenvalue weighted by Gasteiger charge is 2.67. The van der Waals surface area contributed by atoms with Gasteiger partial charge in [-0.15, -0.1) is 0 Å². The monoisotopic (exact) mass is 426 g/mol. The largest absolute Gasteiger partial charge is 0.393 e. The van der Waals surface area contributed by atoms with Crippen molar-refractivity contribution in [1.82, 2.24) is 0 Å². The fraction of sp³-hybridized carbons (Fsp3) is 0.933. The van der Waals surface area contributed by atoms with E-state index in [0.29, 0.717) is 33.0 Å². The topological polar surface area (TPSA) is 20.2 Å². The van der Waals surface area contributed by atoms with Crippen LogP contribution in [-0.4, -0.2) is 11.2 Å². The van der Waals surface area contributed by atoms with Gasteiger partial charge < -0.3 is 5.11 Å². The maximum atomic E-state index is 10.9. The van der Waals surface area contributed by atoms with Gasteiger partial charge in [0.25, 0.3) is 0 Å². The van der Waals surface area contributed by atoms with Crippen LogP contribution in [0.1, 0.15) is 126 Å². The van der Waals surface area contributed by atoms with Crippen LogP contribution in [0.25, 0.3) is 0 Å². The molecule has 1 N–H and O–H groups in total. The summed E-state index contributed by atoms with van der Waals surface area (Å²) < 4.78 is 0. The van der Waals surface area contributed by atoms with Crippen LogP contribution >= 0.6 is 0 Å². The van der Waals surface area contributed by atoms with Crippen molar-refractivity contribution in [3.8, 4) is 0 Å². The molecular weight excluding hydrogens is 376 g/mol. The first-order valence-corrected chi connectivity index (χ1v) is 13.7. The van der Waals surface area contributed by atoms with Crippen LogP contribution in [0.3, 0.4) is 0 Å². The lowest BCUT2D eigenvalue weighted by atomic mass is 9.34. The molecule has 5 rings (SSSR count). The zero-order chi connectivity index (χ0) is 22.7. The molecule has 0 spiro atoms. The zero-order valence-electron chi connectivity index (χ0n) is 22.0. The molecule has 1 heteroatoms. The molecular formula is C30H50O. The summed E-state index contributed by atoms with van der Waals surface area (Å²) in [6.45, 7) is 20.6. The molecule has 176 valence electrons. The van der Waals surface area contributed by atoms with E-state index in [4.69, 9.17) is 0 Å². The fourth-order valence-corrected chi connectivity index (χ4v) is 10.8. The van der Waals surface area contributed by atoms with Gasteiger partial charge in [0.1, 0.15) is 0 Å². The summed E-state index contributed by atoms with van der Waals surface area (Å²) in [6, 6.07) is 0. The summed E-state index contributed by atoms with van der Waals surface area (Å²) in [5.74, 6) is 1.50. The Balaban J connectivity index is 1.60.